The Kier molecular flexibility index (Phi) is 5.57. The number of piperidine rings is 1. The average Bonchev–Trinajstić information content (AvgIpc) is 3.12. The quantitative estimate of drug-likeness (QED) is 0.810. The Morgan fingerprint density at radius 3 is 2.17 bits per heavy atom. The molecule has 0 saturated carbocycles. The number of sulfonamides is 1. The van der Waals surface area contributed by atoms with Crippen molar-refractivity contribution >= 4 is 21.7 Å². The number of anilines is 1. The summed E-state index contributed by atoms with van der Waals surface area (Å²) < 4.78 is 34.2. The van der Waals surface area contributed by atoms with Crippen LogP contribution in [0.1, 0.15) is 26.7 Å². The van der Waals surface area contributed by atoms with Gasteiger partial charge in [-0.05, 0) is 38.1 Å². The third-order valence-corrected chi connectivity index (χ3v) is 7.85. The van der Waals surface area contributed by atoms with Crippen LogP contribution in [0.3, 0.4) is 0 Å². The maximum Gasteiger partial charge on any atom is 0.322 e. The third kappa shape index (κ3) is 3.71. The van der Waals surface area contributed by atoms with Crippen LogP contribution in [0.2, 0.25) is 0 Å². The number of nitrogens with one attached hydrogen (secondary N) is 1. The van der Waals surface area contributed by atoms with Crippen molar-refractivity contribution in [3.05, 3.63) is 60.7 Å². The number of carbonyl (C=O) groups is 1. The Hall–Kier alpha value is -2.42. The zero-order valence-electron chi connectivity index (χ0n) is 17.2. The molecule has 2 fully saturated rings. The van der Waals surface area contributed by atoms with E-state index in [1.54, 1.807) is 35.2 Å². The number of ether oxygens (including phenoxy) is 1. The first-order valence-electron chi connectivity index (χ1n) is 10.2. The summed E-state index contributed by atoms with van der Waals surface area (Å²) in [4.78, 5) is 15.0. The van der Waals surface area contributed by atoms with E-state index >= 15 is 0 Å². The fourth-order valence-electron chi connectivity index (χ4n) is 4.72. The van der Waals surface area contributed by atoms with Gasteiger partial charge in [0.05, 0.1) is 11.5 Å². The van der Waals surface area contributed by atoms with Gasteiger partial charge in [0.1, 0.15) is 5.72 Å². The van der Waals surface area contributed by atoms with Crippen molar-refractivity contribution in [3.8, 4) is 0 Å². The first-order chi connectivity index (χ1) is 14.3. The van der Waals surface area contributed by atoms with Crippen LogP contribution in [0.5, 0.6) is 0 Å². The Morgan fingerprint density at radius 1 is 1.00 bits per heavy atom. The highest BCUT2D eigenvalue weighted by Gasteiger charge is 2.54. The molecule has 4 rings (SSSR count). The molecule has 0 bridgehead atoms. The molecule has 2 heterocycles. The standard InChI is InChI=1S/C22H27N3O4S/c1-17-15-22(16-18(2)25(17)21(26)23-19-9-5-3-6-10-19)24(13-14-29-22)30(27,28)20-11-7-4-8-12-20/h3-12,17-18H,13-16H2,1-2H3,(H,23,26). The number of hydrogen-bond acceptors (Lipinski definition) is 4. The monoisotopic (exact) mass is 429 g/mol. The summed E-state index contributed by atoms with van der Waals surface area (Å²) >= 11 is 0. The fraction of sp³-hybridized carbons (Fsp3) is 0.409. The summed E-state index contributed by atoms with van der Waals surface area (Å²) in [5.41, 5.74) is -0.204. The van der Waals surface area contributed by atoms with Crippen LogP contribution in [0.25, 0.3) is 0 Å². The Labute approximate surface area is 177 Å². The number of likely N-dealkylation sites (tertiary alicyclic amines) is 1. The van der Waals surface area contributed by atoms with E-state index in [4.69, 9.17) is 4.74 Å². The number of rotatable bonds is 3. The minimum absolute atomic E-state index is 0.188. The maximum atomic E-state index is 13.3. The van der Waals surface area contributed by atoms with E-state index in [0.29, 0.717) is 26.0 Å². The van der Waals surface area contributed by atoms with Crippen LogP contribution >= 0.6 is 0 Å². The zero-order valence-corrected chi connectivity index (χ0v) is 18.0. The molecule has 2 saturated heterocycles. The molecular formula is C22H27N3O4S. The van der Waals surface area contributed by atoms with E-state index < -0.39 is 15.7 Å². The van der Waals surface area contributed by atoms with Crippen molar-refractivity contribution in [3.63, 3.8) is 0 Å². The highest BCUT2D eigenvalue weighted by molar-refractivity contribution is 7.89. The van der Waals surface area contributed by atoms with Crippen LogP contribution in [-0.4, -0.2) is 54.6 Å². The molecule has 2 atom stereocenters. The molecule has 160 valence electrons. The molecule has 8 heteroatoms. The van der Waals surface area contributed by atoms with E-state index in [2.05, 4.69) is 5.32 Å². The van der Waals surface area contributed by atoms with Crippen LogP contribution in [0.4, 0.5) is 10.5 Å². The predicted octanol–water partition coefficient (Wildman–Crippen LogP) is 3.51. The van der Waals surface area contributed by atoms with Gasteiger partial charge in [-0.15, -0.1) is 0 Å². The van der Waals surface area contributed by atoms with Gasteiger partial charge < -0.3 is 15.0 Å². The lowest BCUT2D eigenvalue weighted by Crippen LogP contribution is -2.62. The normalized spacial score (nSPS) is 27.3. The zero-order chi connectivity index (χ0) is 21.4. The second-order valence-corrected chi connectivity index (χ2v) is 9.86. The van der Waals surface area contributed by atoms with Crippen LogP contribution in [-0.2, 0) is 14.8 Å². The van der Waals surface area contributed by atoms with Crippen LogP contribution in [0.15, 0.2) is 65.6 Å². The molecule has 2 amide bonds. The lowest BCUT2D eigenvalue weighted by atomic mass is 9.89. The Bertz CT molecular complexity index is 986. The molecule has 30 heavy (non-hydrogen) atoms. The van der Waals surface area contributed by atoms with E-state index in [1.165, 1.54) is 4.31 Å². The molecular weight excluding hydrogens is 402 g/mol. The summed E-state index contributed by atoms with van der Waals surface area (Å²) in [5.74, 6) is 0. The number of para-hydroxylation sites is 1. The number of urea groups is 1. The number of carbonyl (C=O) groups excluding carboxylic acids is 1. The van der Waals surface area contributed by atoms with Crippen molar-refractivity contribution in [1.82, 2.24) is 9.21 Å². The minimum atomic E-state index is -3.69. The van der Waals surface area contributed by atoms with Crippen molar-refractivity contribution in [2.45, 2.75) is 49.4 Å². The van der Waals surface area contributed by atoms with Crippen molar-refractivity contribution in [2.75, 3.05) is 18.5 Å². The largest absolute Gasteiger partial charge is 0.358 e. The fourth-order valence-corrected chi connectivity index (χ4v) is 6.43. The van der Waals surface area contributed by atoms with Gasteiger partial charge in [0, 0.05) is 37.2 Å². The SMILES string of the molecule is CC1CC2(CC(C)N1C(=O)Nc1ccccc1)OCCN2S(=O)(=O)c1ccccc1. The van der Waals surface area contributed by atoms with Crippen LogP contribution in [0, 0.1) is 0 Å². The van der Waals surface area contributed by atoms with E-state index in [9.17, 15) is 13.2 Å². The summed E-state index contributed by atoms with van der Waals surface area (Å²) in [7, 11) is -3.69. The predicted molar refractivity (Wildman–Crippen MR) is 114 cm³/mol. The second-order valence-electron chi connectivity index (χ2n) is 7.99. The number of amides is 2. The highest BCUT2D eigenvalue weighted by atomic mass is 32.2. The number of hydrogen-bond donors (Lipinski definition) is 1. The molecule has 0 aliphatic carbocycles. The Balaban J connectivity index is 1.56. The molecule has 0 radical (unpaired) electrons. The Morgan fingerprint density at radius 2 is 1.57 bits per heavy atom. The van der Waals surface area contributed by atoms with Crippen LogP contribution < -0.4 is 5.32 Å². The molecule has 2 aliphatic heterocycles. The average molecular weight is 430 g/mol. The summed E-state index contributed by atoms with van der Waals surface area (Å²) in [6, 6.07) is 17.2. The third-order valence-electron chi connectivity index (χ3n) is 5.89. The van der Waals surface area contributed by atoms with Gasteiger partial charge in [0.15, 0.2) is 0 Å². The van der Waals surface area contributed by atoms with Gasteiger partial charge in [-0.25, -0.2) is 13.2 Å². The summed E-state index contributed by atoms with van der Waals surface area (Å²) in [6.45, 7) is 4.54. The maximum absolute atomic E-state index is 13.3. The molecule has 7 nitrogen and oxygen atoms in total. The molecule has 2 aromatic rings. The van der Waals surface area contributed by atoms with Gasteiger partial charge in [-0.1, -0.05) is 36.4 Å². The molecule has 2 aliphatic rings. The topological polar surface area (TPSA) is 79.0 Å². The summed E-state index contributed by atoms with van der Waals surface area (Å²) in [5, 5.41) is 2.93. The van der Waals surface area contributed by atoms with E-state index in [1.807, 2.05) is 44.2 Å². The van der Waals surface area contributed by atoms with E-state index in [-0.39, 0.29) is 23.0 Å². The van der Waals surface area contributed by atoms with E-state index in [0.717, 1.165) is 5.69 Å². The van der Waals surface area contributed by atoms with Gasteiger partial charge in [-0.2, -0.15) is 4.31 Å². The van der Waals surface area contributed by atoms with Gasteiger partial charge >= 0.3 is 6.03 Å². The van der Waals surface area contributed by atoms with Gasteiger partial charge in [0.2, 0.25) is 10.0 Å². The van der Waals surface area contributed by atoms with Crippen molar-refractivity contribution in [1.29, 1.82) is 0 Å². The molecule has 0 aromatic heterocycles. The van der Waals surface area contributed by atoms with Gasteiger partial charge in [0.25, 0.3) is 0 Å². The minimum Gasteiger partial charge on any atom is -0.358 e. The first-order valence-corrected chi connectivity index (χ1v) is 11.6. The summed E-state index contributed by atoms with van der Waals surface area (Å²) in [6.07, 6.45) is 0.844. The molecule has 1 N–H and O–H groups in total. The van der Waals surface area contributed by atoms with Gasteiger partial charge in [-0.3, -0.25) is 0 Å². The second kappa shape index (κ2) is 8.02. The first kappa shape index (κ1) is 20.8. The number of nitrogens with zero attached hydrogens (tertiary/aromatic N) is 2. The highest BCUT2D eigenvalue weighted by Crippen LogP contribution is 2.42. The van der Waals surface area contributed by atoms with Crippen molar-refractivity contribution < 1.29 is 17.9 Å². The van der Waals surface area contributed by atoms with Crippen molar-refractivity contribution in [2.24, 2.45) is 0 Å². The molecule has 1 spiro atoms. The number of benzene rings is 2. The lowest BCUT2D eigenvalue weighted by Gasteiger charge is -2.49. The molecule has 2 unspecified atom stereocenters. The lowest BCUT2D eigenvalue weighted by molar-refractivity contribution is -0.111. The molecule has 2 aromatic carbocycles. The smallest absolute Gasteiger partial charge is 0.322 e.